The molecule has 0 saturated carbocycles. The molecule has 0 bridgehead atoms. The second-order valence-electron chi connectivity index (χ2n) is 4.75. The molecule has 18 heavy (non-hydrogen) atoms. The van der Waals surface area contributed by atoms with E-state index in [0.717, 1.165) is 36.2 Å². The minimum absolute atomic E-state index is 0.415. The predicted molar refractivity (Wildman–Crippen MR) is 77.4 cm³/mol. The minimum atomic E-state index is 0.415. The molecule has 1 unspecified atom stereocenters. The lowest BCUT2D eigenvalue weighted by molar-refractivity contribution is 0.478. The number of furan rings is 1. The molecule has 0 aliphatic rings. The molecule has 2 rings (SSSR count). The first kappa shape index (κ1) is 13.4. The lowest BCUT2D eigenvalue weighted by Crippen LogP contribution is -2.17. The van der Waals surface area contributed by atoms with Gasteiger partial charge in [0.2, 0.25) is 0 Å². The Bertz CT molecular complexity index is 506. The van der Waals surface area contributed by atoms with Crippen molar-refractivity contribution in [2.75, 3.05) is 13.1 Å². The molecule has 3 heteroatoms. The van der Waals surface area contributed by atoms with Crippen LogP contribution < -0.4 is 5.32 Å². The summed E-state index contributed by atoms with van der Waals surface area (Å²) in [6.45, 7) is 6.48. The van der Waals surface area contributed by atoms with Crippen LogP contribution in [0.4, 0.5) is 0 Å². The molecular weight excluding hydrogens is 246 g/mol. The fraction of sp³-hybridized carbons (Fsp3) is 0.467. The quantitative estimate of drug-likeness (QED) is 0.774. The molecule has 2 nitrogen and oxygen atoms in total. The van der Waals surface area contributed by atoms with Crippen molar-refractivity contribution in [2.45, 2.75) is 32.6 Å². The summed E-state index contributed by atoms with van der Waals surface area (Å²) in [5.41, 5.74) is 0.808. The van der Waals surface area contributed by atoms with E-state index in [2.05, 4.69) is 25.2 Å². The van der Waals surface area contributed by atoms with E-state index in [1.165, 1.54) is 6.42 Å². The highest BCUT2D eigenvalue weighted by molar-refractivity contribution is 6.34. The fourth-order valence-electron chi connectivity index (χ4n) is 2.05. The Labute approximate surface area is 113 Å². The van der Waals surface area contributed by atoms with Crippen LogP contribution in [0.5, 0.6) is 0 Å². The largest absolute Gasteiger partial charge is 0.459 e. The first-order chi connectivity index (χ1) is 8.72. The van der Waals surface area contributed by atoms with E-state index >= 15 is 0 Å². The number of nitrogens with one attached hydrogen (secondary N) is 1. The van der Waals surface area contributed by atoms with Crippen LogP contribution in [0, 0.1) is 0 Å². The van der Waals surface area contributed by atoms with Crippen LogP contribution in [0.25, 0.3) is 11.0 Å². The standard InChI is InChI=1S/C15H20ClNO/c1-3-8-17-9-7-11(2)14-10-12-5-4-6-13(16)15(12)18-14/h4-6,10-11,17H,3,7-9H2,1-2H3. The van der Waals surface area contributed by atoms with Gasteiger partial charge >= 0.3 is 0 Å². The zero-order chi connectivity index (χ0) is 13.0. The highest BCUT2D eigenvalue weighted by Crippen LogP contribution is 2.30. The van der Waals surface area contributed by atoms with Crippen molar-refractivity contribution in [3.8, 4) is 0 Å². The van der Waals surface area contributed by atoms with Crippen LogP contribution in [-0.2, 0) is 0 Å². The second kappa shape index (κ2) is 6.26. The van der Waals surface area contributed by atoms with E-state index in [-0.39, 0.29) is 0 Å². The molecule has 1 atom stereocenters. The smallest absolute Gasteiger partial charge is 0.152 e. The lowest BCUT2D eigenvalue weighted by atomic mass is 10.0. The van der Waals surface area contributed by atoms with Gasteiger partial charge in [-0.05, 0) is 38.1 Å². The van der Waals surface area contributed by atoms with Gasteiger partial charge in [0.05, 0.1) is 5.02 Å². The predicted octanol–water partition coefficient (Wildman–Crippen LogP) is 4.58. The second-order valence-corrected chi connectivity index (χ2v) is 5.15. The Kier molecular flexibility index (Phi) is 4.67. The summed E-state index contributed by atoms with van der Waals surface area (Å²) in [5, 5.41) is 5.19. The number of hydrogen-bond donors (Lipinski definition) is 1. The van der Waals surface area contributed by atoms with Gasteiger partial charge in [-0.1, -0.05) is 37.6 Å². The van der Waals surface area contributed by atoms with Crippen LogP contribution in [0.3, 0.4) is 0 Å². The Balaban J connectivity index is 2.04. The number of rotatable bonds is 6. The van der Waals surface area contributed by atoms with E-state index in [9.17, 15) is 0 Å². The van der Waals surface area contributed by atoms with Gasteiger partial charge in [0.1, 0.15) is 5.76 Å². The summed E-state index contributed by atoms with van der Waals surface area (Å²) in [6, 6.07) is 7.96. The van der Waals surface area contributed by atoms with Crippen LogP contribution in [0.1, 0.15) is 38.4 Å². The topological polar surface area (TPSA) is 25.2 Å². The molecule has 0 radical (unpaired) electrons. The lowest BCUT2D eigenvalue weighted by Gasteiger charge is -2.08. The third kappa shape index (κ3) is 3.06. The minimum Gasteiger partial charge on any atom is -0.459 e. The van der Waals surface area contributed by atoms with Gasteiger partial charge in [0.15, 0.2) is 5.58 Å². The number of benzene rings is 1. The summed E-state index contributed by atoms with van der Waals surface area (Å²) in [7, 11) is 0. The summed E-state index contributed by atoms with van der Waals surface area (Å²) >= 11 is 6.11. The van der Waals surface area contributed by atoms with Crippen LogP contribution >= 0.6 is 11.6 Å². The molecule has 0 fully saturated rings. The maximum absolute atomic E-state index is 6.11. The van der Waals surface area contributed by atoms with Gasteiger partial charge < -0.3 is 9.73 Å². The van der Waals surface area contributed by atoms with Crippen molar-refractivity contribution in [3.05, 3.63) is 35.0 Å². The van der Waals surface area contributed by atoms with Crippen molar-refractivity contribution in [3.63, 3.8) is 0 Å². The summed E-state index contributed by atoms with van der Waals surface area (Å²) < 4.78 is 5.86. The first-order valence-corrected chi connectivity index (χ1v) is 6.99. The molecule has 1 aromatic heterocycles. The maximum atomic E-state index is 6.11. The highest BCUT2D eigenvalue weighted by atomic mass is 35.5. The van der Waals surface area contributed by atoms with Gasteiger partial charge in [-0.2, -0.15) is 0 Å². The molecule has 0 aliphatic heterocycles. The summed E-state index contributed by atoms with van der Waals surface area (Å²) in [4.78, 5) is 0. The van der Waals surface area contributed by atoms with E-state index in [1.54, 1.807) is 0 Å². The molecular formula is C15H20ClNO. The molecule has 1 heterocycles. The molecule has 0 saturated heterocycles. The van der Waals surface area contributed by atoms with Crippen molar-refractivity contribution in [1.82, 2.24) is 5.32 Å². The summed E-state index contributed by atoms with van der Waals surface area (Å²) in [6.07, 6.45) is 2.26. The number of fused-ring (bicyclic) bond motifs is 1. The third-order valence-electron chi connectivity index (χ3n) is 3.18. The van der Waals surface area contributed by atoms with E-state index in [4.69, 9.17) is 16.0 Å². The van der Waals surface area contributed by atoms with Gasteiger partial charge in [0, 0.05) is 11.3 Å². The van der Waals surface area contributed by atoms with Crippen molar-refractivity contribution in [2.24, 2.45) is 0 Å². The van der Waals surface area contributed by atoms with Crippen molar-refractivity contribution < 1.29 is 4.42 Å². The zero-order valence-corrected chi connectivity index (χ0v) is 11.8. The van der Waals surface area contributed by atoms with Gasteiger partial charge in [-0.15, -0.1) is 0 Å². The molecule has 0 spiro atoms. The van der Waals surface area contributed by atoms with Gasteiger partial charge in [0.25, 0.3) is 0 Å². The fourth-order valence-corrected chi connectivity index (χ4v) is 2.27. The van der Waals surface area contributed by atoms with Gasteiger partial charge in [-0.3, -0.25) is 0 Å². The average Bonchev–Trinajstić information content (AvgIpc) is 2.80. The van der Waals surface area contributed by atoms with Gasteiger partial charge in [-0.25, -0.2) is 0 Å². The third-order valence-corrected chi connectivity index (χ3v) is 3.48. The number of halogens is 1. The molecule has 1 N–H and O–H groups in total. The molecule has 1 aromatic carbocycles. The van der Waals surface area contributed by atoms with Crippen molar-refractivity contribution >= 4 is 22.6 Å². The molecule has 2 aromatic rings. The van der Waals surface area contributed by atoms with Crippen molar-refractivity contribution in [1.29, 1.82) is 0 Å². The Hall–Kier alpha value is -0.990. The Morgan fingerprint density at radius 3 is 2.89 bits per heavy atom. The van der Waals surface area contributed by atoms with Crippen LogP contribution in [-0.4, -0.2) is 13.1 Å². The normalized spacial score (nSPS) is 13.1. The van der Waals surface area contributed by atoms with Crippen LogP contribution in [0.15, 0.2) is 28.7 Å². The first-order valence-electron chi connectivity index (χ1n) is 6.61. The number of para-hydroxylation sites is 1. The van der Waals surface area contributed by atoms with Crippen LogP contribution in [0.2, 0.25) is 5.02 Å². The van der Waals surface area contributed by atoms with E-state index in [0.29, 0.717) is 10.9 Å². The van der Waals surface area contributed by atoms with E-state index in [1.807, 2.05) is 18.2 Å². The molecule has 0 aliphatic carbocycles. The Morgan fingerprint density at radius 2 is 2.17 bits per heavy atom. The number of hydrogen-bond acceptors (Lipinski definition) is 2. The zero-order valence-electron chi connectivity index (χ0n) is 11.0. The monoisotopic (exact) mass is 265 g/mol. The summed E-state index contributed by atoms with van der Waals surface area (Å²) in [5.74, 6) is 1.44. The molecule has 0 amide bonds. The SMILES string of the molecule is CCCNCCC(C)c1cc2cccc(Cl)c2o1. The van der Waals surface area contributed by atoms with E-state index < -0.39 is 0 Å². The average molecular weight is 266 g/mol. The molecule has 98 valence electrons. The highest BCUT2D eigenvalue weighted by Gasteiger charge is 2.12. The maximum Gasteiger partial charge on any atom is 0.152 e. The Morgan fingerprint density at radius 1 is 1.33 bits per heavy atom.